The molecule has 30 heavy (non-hydrogen) atoms. The van der Waals surface area contributed by atoms with Crippen LogP contribution in [0, 0.1) is 20.2 Å². The molecule has 0 saturated carbocycles. The summed E-state index contributed by atoms with van der Waals surface area (Å²) >= 11 is 22.3. The molecule has 12 heteroatoms. The van der Waals surface area contributed by atoms with Gasteiger partial charge in [0.25, 0.3) is 0 Å². The van der Waals surface area contributed by atoms with Crippen molar-refractivity contribution in [3.63, 3.8) is 0 Å². The molecule has 0 unspecified atom stereocenters. The summed E-state index contributed by atoms with van der Waals surface area (Å²) in [6.07, 6.45) is 1.70. The van der Waals surface area contributed by atoms with Gasteiger partial charge in [0.05, 0.1) is 9.85 Å². The van der Waals surface area contributed by atoms with Gasteiger partial charge >= 0.3 is 11.4 Å². The van der Waals surface area contributed by atoms with Crippen LogP contribution in [0.25, 0.3) is 11.1 Å². The highest BCUT2D eigenvalue weighted by atomic mass is 79.9. The van der Waals surface area contributed by atoms with Gasteiger partial charge in [-0.25, -0.2) is 0 Å². The van der Waals surface area contributed by atoms with E-state index >= 15 is 0 Å². The van der Waals surface area contributed by atoms with E-state index < -0.39 is 21.2 Å². The van der Waals surface area contributed by atoms with Crippen molar-refractivity contribution in [3.8, 4) is 11.1 Å². The van der Waals surface area contributed by atoms with Crippen molar-refractivity contribution in [2.75, 3.05) is 11.5 Å². The van der Waals surface area contributed by atoms with Gasteiger partial charge in [-0.2, -0.15) is 0 Å². The van der Waals surface area contributed by atoms with Crippen LogP contribution in [-0.2, 0) is 0 Å². The zero-order chi connectivity index (χ0) is 22.6. The topological polar surface area (TPSA) is 86.3 Å². The van der Waals surface area contributed by atoms with Crippen LogP contribution >= 0.6 is 78.6 Å². The number of halogens is 4. The lowest BCUT2D eigenvalue weighted by atomic mass is 10.0. The summed E-state index contributed by atoms with van der Waals surface area (Å²) in [6.45, 7) is 4.01. The maximum atomic E-state index is 11.9. The zero-order valence-corrected chi connectivity index (χ0v) is 22.2. The fourth-order valence-electron chi connectivity index (χ4n) is 2.69. The number of rotatable bonds is 9. The molecule has 162 valence electrons. The smallest absolute Gasteiger partial charge is 0.258 e. The molecule has 0 spiro atoms. The standard InChI is InChI=1S/C18H16Br2Cl2N2O4S2/c1-3-5-29-17-9(19)7-10(20)18(30-6-4-2)14(17)13-15(23(25)26)11(21)8-12(22)16(13)24(27)28/h7-8H,3-6H2,1-2H3. The van der Waals surface area contributed by atoms with Crippen LogP contribution in [0.2, 0.25) is 10.0 Å². The highest BCUT2D eigenvalue weighted by molar-refractivity contribution is 9.11. The van der Waals surface area contributed by atoms with Crippen LogP contribution in [0.4, 0.5) is 11.4 Å². The van der Waals surface area contributed by atoms with Gasteiger partial charge in [0.15, 0.2) is 0 Å². The van der Waals surface area contributed by atoms with Gasteiger partial charge in [0, 0.05) is 24.3 Å². The van der Waals surface area contributed by atoms with Gasteiger partial charge in [-0.05, 0) is 68.3 Å². The molecule has 0 amide bonds. The Morgan fingerprint density at radius 3 is 1.57 bits per heavy atom. The third kappa shape index (κ3) is 5.45. The van der Waals surface area contributed by atoms with Crippen molar-refractivity contribution in [1.82, 2.24) is 0 Å². The molecule has 2 aromatic rings. The summed E-state index contributed by atoms with van der Waals surface area (Å²) in [5, 5.41) is 23.4. The van der Waals surface area contributed by atoms with E-state index in [1.165, 1.54) is 23.5 Å². The first-order valence-corrected chi connectivity index (χ1v) is 13.1. The van der Waals surface area contributed by atoms with Gasteiger partial charge in [0.1, 0.15) is 15.6 Å². The molecule has 0 radical (unpaired) electrons. The summed E-state index contributed by atoms with van der Waals surface area (Å²) in [6, 6.07) is 2.90. The molecule has 0 aliphatic heterocycles. The Kier molecular flexibility index (Phi) is 9.76. The first-order chi connectivity index (χ1) is 14.1. The van der Waals surface area contributed by atoms with E-state index in [9.17, 15) is 20.2 Å². The second kappa shape index (κ2) is 11.4. The second-order valence-electron chi connectivity index (χ2n) is 6.00. The fraction of sp³-hybridized carbons (Fsp3) is 0.333. The molecule has 0 heterocycles. The molecule has 0 fully saturated rings. The Labute approximate surface area is 209 Å². The SMILES string of the molecule is CCCSc1c(Br)cc(Br)c(SCCC)c1-c1c([N+](=O)[O-])c(Cl)cc(Cl)c1[N+](=O)[O-]. The van der Waals surface area contributed by atoms with Crippen LogP contribution in [-0.4, -0.2) is 21.4 Å². The normalized spacial score (nSPS) is 11.0. The van der Waals surface area contributed by atoms with Crippen molar-refractivity contribution >= 4 is 90.0 Å². The van der Waals surface area contributed by atoms with E-state index in [0.717, 1.165) is 30.4 Å². The minimum Gasteiger partial charge on any atom is -0.258 e. The molecule has 0 atom stereocenters. The minimum atomic E-state index is -0.696. The molecule has 0 bridgehead atoms. The van der Waals surface area contributed by atoms with E-state index in [1.807, 2.05) is 19.9 Å². The van der Waals surface area contributed by atoms with Gasteiger partial charge in [-0.15, -0.1) is 23.5 Å². The summed E-state index contributed by atoms with van der Waals surface area (Å²) in [4.78, 5) is 23.8. The lowest BCUT2D eigenvalue weighted by Crippen LogP contribution is -2.03. The first-order valence-electron chi connectivity index (χ1n) is 8.74. The Morgan fingerprint density at radius 1 is 0.833 bits per heavy atom. The van der Waals surface area contributed by atoms with Crippen LogP contribution in [0.1, 0.15) is 26.7 Å². The molecule has 2 aromatic carbocycles. The average Bonchev–Trinajstić information content (AvgIpc) is 2.64. The Morgan fingerprint density at radius 2 is 1.23 bits per heavy atom. The van der Waals surface area contributed by atoms with Crippen LogP contribution < -0.4 is 0 Å². The molecule has 0 aliphatic rings. The highest BCUT2D eigenvalue weighted by Crippen LogP contribution is 2.54. The molecule has 0 aromatic heterocycles. The van der Waals surface area contributed by atoms with E-state index in [4.69, 9.17) is 23.2 Å². The summed E-state index contributed by atoms with van der Waals surface area (Å²) in [7, 11) is 0. The summed E-state index contributed by atoms with van der Waals surface area (Å²) < 4.78 is 1.34. The lowest BCUT2D eigenvalue weighted by molar-refractivity contribution is -0.392. The summed E-state index contributed by atoms with van der Waals surface area (Å²) in [5.41, 5.74) is -0.860. The van der Waals surface area contributed by atoms with Crippen LogP contribution in [0.15, 0.2) is 30.9 Å². The van der Waals surface area contributed by atoms with E-state index in [-0.39, 0.29) is 15.6 Å². The predicted molar refractivity (Wildman–Crippen MR) is 133 cm³/mol. The number of nitrogens with zero attached hydrogens (tertiary/aromatic N) is 2. The molecule has 2 rings (SSSR count). The Bertz CT molecular complexity index is 939. The number of nitro benzene ring substituents is 2. The van der Waals surface area contributed by atoms with Crippen molar-refractivity contribution in [2.45, 2.75) is 36.5 Å². The number of benzene rings is 2. The number of nitro groups is 2. The molecular formula is C18H16Br2Cl2N2O4S2. The van der Waals surface area contributed by atoms with Gasteiger partial charge in [-0.3, -0.25) is 20.2 Å². The lowest BCUT2D eigenvalue weighted by Gasteiger charge is -2.19. The molecule has 6 nitrogen and oxygen atoms in total. The quantitative estimate of drug-likeness (QED) is 0.158. The average molecular weight is 619 g/mol. The van der Waals surface area contributed by atoms with Crippen LogP contribution in [0.3, 0.4) is 0 Å². The molecule has 0 aliphatic carbocycles. The highest BCUT2D eigenvalue weighted by Gasteiger charge is 2.36. The minimum absolute atomic E-state index is 0.179. The van der Waals surface area contributed by atoms with E-state index in [2.05, 4.69) is 31.9 Å². The van der Waals surface area contributed by atoms with Gasteiger partial charge in [-0.1, -0.05) is 37.0 Å². The van der Waals surface area contributed by atoms with Crippen molar-refractivity contribution in [1.29, 1.82) is 0 Å². The number of hydrogen-bond donors (Lipinski definition) is 0. The fourth-order valence-corrected chi connectivity index (χ4v) is 7.12. The van der Waals surface area contributed by atoms with Crippen LogP contribution in [0.5, 0.6) is 0 Å². The number of thioether (sulfide) groups is 2. The summed E-state index contributed by atoms with van der Waals surface area (Å²) in [5.74, 6) is 1.45. The molecular weight excluding hydrogens is 603 g/mol. The Hall–Kier alpha value is -0.520. The largest absolute Gasteiger partial charge is 0.302 e. The maximum absolute atomic E-state index is 11.9. The van der Waals surface area contributed by atoms with E-state index in [0.29, 0.717) is 24.3 Å². The first kappa shape index (κ1) is 25.7. The molecule has 0 saturated heterocycles. The molecule has 0 N–H and O–H groups in total. The van der Waals surface area contributed by atoms with E-state index in [1.54, 1.807) is 0 Å². The maximum Gasteiger partial charge on any atom is 0.302 e. The van der Waals surface area contributed by atoms with Crippen molar-refractivity contribution < 1.29 is 9.85 Å². The van der Waals surface area contributed by atoms with Crippen molar-refractivity contribution in [3.05, 3.63) is 51.4 Å². The third-order valence-electron chi connectivity index (χ3n) is 3.84. The van der Waals surface area contributed by atoms with Crippen molar-refractivity contribution in [2.24, 2.45) is 0 Å². The predicted octanol–water partition coefficient (Wildman–Crippen LogP) is 9.01. The zero-order valence-electron chi connectivity index (χ0n) is 15.8. The monoisotopic (exact) mass is 616 g/mol. The third-order valence-corrected chi connectivity index (χ3v) is 8.84. The second-order valence-corrected chi connectivity index (χ2v) is 10.7. The van der Waals surface area contributed by atoms with Gasteiger partial charge < -0.3 is 0 Å². The Balaban J connectivity index is 3.11. The van der Waals surface area contributed by atoms with Gasteiger partial charge in [0.2, 0.25) is 0 Å². The number of hydrogen-bond acceptors (Lipinski definition) is 6.